The van der Waals surface area contributed by atoms with Crippen LogP contribution in [0, 0.1) is 0 Å². The van der Waals surface area contributed by atoms with E-state index in [0.29, 0.717) is 0 Å². The van der Waals surface area contributed by atoms with Crippen LogP contribution in [0.4, 0.5) is 0 Å². The molecule has 1 aromatic rings. The van der Waals surface area contributed by atoms with Gasteiger partial charge in [-0.05, 0) is 24.3 Å². The van der Waals surface area contributed by atoms with Gasteiger partial charge < -0.3 is 29.9 Å². The topological polar surface area (TPSA) is 134 Å². The molecule has 0 spiro atoms. The molecule has 8 heteroatoms. The summed E-state index contributed by atoms with van der Waals surface area (Å²) in [5.41, 5.74) is -0.0478. The summed E-state index contributed by atoms with van der Waals surface area (Å²) in [5, 5.41) is 33.6. The summed E-state index contributed by atoms with van der Waals surface area (Å²) < 4.78 is 8.15. The molecule has 0 aliphatic heterocycles. The highest BCUT2D eigenvalue weighted by Gasteiger charge is 2.14. The van der Waals surface area contributed by atoms with Crippen LogP contribution >= 0.6 is 0 Å². The van der Waals surface area contributed by atoms with Crippen LogP contribution in [-0.2, 0) is 9.47 Å². The van der Waals surface area contributed by atoms with Crippen LogP contribution in [0.2, 0.25) is 0 Å². The first-order valence-electron chi connectivity index (χ1n) is 4.64. The van der Waals surface area contributed by atoms with Gasteiger partial charge in [0.2, 0.25) is 0 Å². The van der Waals surface area contributed by atoms with Gasteiger partial charge in [-0.3, -0.25) is 0 Å². The van der Waals surface area contributed by atoms with Gasteiger partial charge in [-0.2, -0.15) is 0 Å². The molecule has 0 aliphatic rings. The second-order valence-corrected chi connectivity index (χ2v) is 3.04. The maximum Gasteiger partial charge on any atom is 0.342 e. The minimum atomic E-state index is -2.23. The fraction of sp³-hybridized carbons (Fsp3) is 0.200. The molecule has 0 atom stereocenters. The van der Waals surface area contributed by atoms with Crippen LogP contribution in [0.3, 0.4) is 0 Å². The van der Waals surface area contributed by atoms with Crippen LogP contribution in [-0.4, -0.2) is 45.3 Å². The molecule has 0 amide bonds. The molecule has 1 aromatic carbocycles. The highest BCUT2D eigenvalue weighted by Crippen LogP contribution is 2.08. The Balaban J connectivity index is 2.74. The number of hydrogen-bond acceptors (Lipinski definition) is 8. The number of carbonyl (C=O) groups is 2. The first-order chi connectivity index (χ1) is 8.40. The Kier molecular flexibility index (Phi) is 4.75. The van der Waals surface area contributed by atoms with Crippen molar-refractivity contribution >= 4 is 11.9 Å². The number of rotatable bonds is 4. The SMILES string of the molecule is O=C(OC(O)O)c1ccc(C(=O)OC(O)O)cc1. The largest absolute Gasteiger partial charge is 0.407 e. The van der Waals surface area contributed by atoms with E-state index < -0.39 is 24.9 Å². The number of ether oxygens (including phenoxy) is 2. The predicted molar refractivity (Wildman–Crippen MR) is 53.7 cm³/mol. The van der Waals surface area contributed by atoms with Crippen LogP contribution in [0.15, 0.2) is 24.3 Å². The lowest BCUT2D eigenvalue weighted by atomic mass is 10.1. The summed E-state index contributed by atoms with van der Waals surface area (Å²) >= 11 is 0. The summed E-state index contributed by atoms with van der Waals surface area (Å²) in [4.78, 5) is 22.4. The minimum Gasteiger partial charge on any atom is -0.407 e. The number of hydrogen-bond donors (Lipinski definition) is 4. The summed E-state index contributed by atoms with van der Waals surface area (Å²) in [6.07, 6.45) is 0. The standard InChI is InChI=1S/C10H10O8/c11-7(17-9(13)14)5-1-2-6(4-3-5)8(12)18-10(15)16/h1-4,9-10,13-16H. The summed E-state index contributed by atoms with van der Waals surface area (Å²) in [6, 6.07) is 4.69. The molecular weight excluding hydrogens is 248 g/mol. The molecule has 8 nitrogen and oxygen atoms in total. The zero-order valence-corrected chi connectivity index (χ0v) is 8.89. The van der Waals surface area contributed by atoms with Gasteiger partial charge in [0.25, 0.3) is 0 Å². The van der Waals surface area contributed by atoms with E-state index in [0.717, 1.165) is 0 Å². The van der Waals surface area contributed by atoms with Gasteiger partial charge in [0.15, 0.2) is 0 Å². The predicted octanol–water partition coefficient (Wildman–Crippen LogP) is -1.46. The molecule has 98 valence electrons. The number of carbonyl (C=O) groups excluding carboxylic acids is 2. The molecule has 0 bridgehead atoms. The van der Waals surface area contributed by atoms with E-state index in [9.17, 15) is 9.59 Å². The maximum absolute atomic E-state index is 11.2. The molecule has 0 aliphatic carbocycles. The van der Waals surface area contributed by atoms with Crippen LogP contribution < -0.4 is 0 Å². The Bertz CT molecular complexity index is 381. The number of aliphatic hydroxyl groups excluding tert-OH is 2. The number of esters is 2. The molecule has 0 radical (unpaired) electrons. The Morgan fingerprint density at radius 3 is 1.28 bits per heavy atom. The van der Waals surface area contributed by atoms with Crippen molar-refractivity contribution in [1.82, 2.24) is 0 Å². The van der Waals surface area contributed by atoms with Gasteiger partial charge in [-0.25, -0.2) is 9.59 Å². The van der Waals surface area contributed by atoms with E-state index in [1.807, 2.05) is 0 Å². The zero-order valence-electron chi connectivity index (χ0n) is 8.89. The normalized spacial score (nSPS) is 10.6. The second kappa shape index (κ2) is 6.07. The van der Waals surface area contributed by atoms with Gasteiger partial charge in [0, 0.05) is 0 Å². The smallest absolute Gasteiger partial charge is 0.342 e. The van der Waals surface area contributed by atoms with Crippen LogP contribution in [0.25, 0.3) is 0 Å². The fourth-order valence-corrected chi connectivity index (χ4v) is 1.07. The molecule has 1 rings (SSSR count). The van der Waals surface area contributed by atoms with Crippen molar-refractivity contribution in [3.8, 4) is 0 Å². The second-order valence-electron chi connectivity index (χ2n) is 3.04. The highest BCUT2D eigenvalue weighted by atomic mass is 16.8. The molecule has 18 heavy (non-hydrogen) atoms. The van der Waals surface area contributed by atoms with Crippen LogP contribution in [0.5, 0.6) is 0 Å². The van der Waals surface area contributed by atoms with Crippen LogP contribution in [0.1, 0.15) is 20.7 Å². The summed E-state index contributed by atoms with van der Waals surface area (Å²) in [5.74, 6) is -1.99. The molecule has 0 aromatic heterocycles. The Morgan fingerprint density at radius 2 is 1.06 bits per heavy atom. The average molecular weight is 258 g/mol. The first-order valence-corrected chi connectivity index (χ1v) is 4.64. The van der Waals surface area contributed by atoms with Crippen molar-refractivity contribution in [2.45, 2.75) is 13.0 Å². The molecule has 0 unspecified atom stereocenters. The van der Waals surface area contributed by atoms with Crippen molar-refractivity contribution in [3.63, 3.8) is 0 Å². The van der Waals surface area contributed by atoms with E-state index >= 15 is 0 Å². The molecular formula is C10H10O8. The van der Waals surface area contributed by atoms with E-state index in [2.05, 4.69) is 9.47 Å². The van der Waals surface area contributed by atoms with Crippen molar-refractivity contribution in [2.75, 3.05) is 0 Å². The van der Waals surface area contributed by atoms with Gasteiger partial charge in [0.1, 0.15) is 0 Å². The fourth-order valence-electron chi connectivity index (χ4n) is 1.07. The van der Waals surface area contributed by atoms with Crippen molar-refractivity contribution < 1.29 is 39.5 Å². The van der Waals surface area contributed by atoms with E-state index in [1.165, 1.54) is 24.3 Å². The third-order valence-electron chi connectivity index (χ3n) is 1.78. The molecule has 0 fully saturated rings. The van der Waals surface area contributed by atoms with Gasteiger partial charge >= 0.3 is 24.9 Å². The Hall–Kier alpha value is -2.00. The lowest BCUT2D eigenvalue weighted by molar-refractivity contribution is -0.201. The van der Waals surface area contributed by atoms with Gasteiger partial charge in [-0.15, -0.1) is 0 Å². The Labute approximate surface area is 101 Å². The number of benzene rings is 1. The lowest BCUT2D eigenvalue weighted by Crippen LogP contribution is -2.18. The molecule has 4 N–H and O–H groups in total. The lowest BCUT2D eigenvalue weighted by Gasteiger charge is -2.07. The van der Waals surface area contributed by atoms with E-state index in [-0.39, 0.29) is 11.1 Å². The van der Waals surface area contributed by atoms with E-state index in [4.69, 9.17) is 20.4 Å². The highest BCUT2D eigenvalue weighted by molar-refractivity contribution is 5.93. The zero-order chi connectivity index (χ0) is 13.7. The number of aliphatic hydroxyl groups is 4. The van der Waals surface area contributed by atoms with Crippen molar-refractivity contribution in [3.05, 3.63) is 35.4 Å². The third-order valence-corrected chi connectivity index (χ3v) is 1.78. The molecule has 0 saturated heterocycles. The monoisotopic (exact) mass is 258 g/mol. The van der Waals surface area contributed by atoms with E-state index in [1.54, 1.807) is 0 Å². The minimum absolute atomic E-state index is 0.0239. The van der Waals surface area contributed by atoms with Gasteiger partial charge in [-0.1, -0.05) is 0 Å². The first kappa shape index (κ1) is 14.1. The summed E-state index contributed by atoms with van der Waals surface area (Å²) in [6.45, 7) is -4.46. The van der Waals surface area contributed by atoms with Gasteiger partial charge in [0.05, 0.1) is 11.1 Å². The Morgan fingerprint density at radius 1 is 0.778 bits per heavy atom. The maximum atomic E-state index is 11.2. The molecule has 0 heterocycles. The molecule has 0 saturated carbocycles. The summed E-state index contributed by atoms with van der Waals surface area (Å²) in [7, 11) is 0. The van der Waals surface area contributed by atoms with Crippen molar-refractivity contribution in [2.24, 2.45) is 0 Å². The van der Waals surface area contributed by atoms with Crippen molar-refractivity contribution in [1.29, 1.82) is 0 Å². The average Bonchev–Trinajstić information content (AvgIpc) is 2.27. The third kappa shape index (κ3) is 4.11. The quantitative estimate of drug-likeness (QED) is 0.380.